The largest absolute Gasteiger partial charge is 0.414 e. The standard InChI is InChI=1S/C9H16ClF3O/c1-8(9(11,12)13)14-7-5-3-2-4-6-10/h8H,2-7H2,1H3. The Hall–Kier alpha value is 0.0400. The Balaban J connectivity index is 3.28. The van der Waals surface area contributed by atoms with Gasteiger partial charge in [-0.15, -0.1) is 11.6 Å². The number of alkyl halides is 4. The third-order valence-corrected chi connectivity index (χ3v) is 2.12. The number of ether oxygens (including phenoxy) is 1. The molecule has 0 amide bonds. The zero-order valence-corrected chi connectivity index (χ0v) is 9.00. The van der Waals surface area contributed by atoms with E-state index in [2.05, 4.69) is 4.74 Å². The molecule has 1 nitrogen and oxygen atoms in total. The van der Waals surface area contributed by atoms with Gasteiger partial charge in [-0.3, -0.25) is 0 Å². The van der Waals surface area contributed by atoms with Crippen LogP contribution in [0.5, 0.6) is 0 Å². The van der Waals surface area contributed by atoms with Gasteiger partial charge in [-0.2, -0.15) is 13.2 Å². The molecular formula is C9H16ClF3O. The van der Waals surface area contributed by atoms with Gasteiger partial charge in [0.1, 0.15) is 0 Å². The van der Waals surface area contributed by atoms with Gasteiger partial charge in [0.05, 0.1) is 0 Å². The number of rotatable bonds is 7. The molecule has 0 heterocycles. The molecule has 0 rings (SSSR count). The topological polar surface area (TPSA) is 9.23 Å². The second kappa shape index (κ2) is 7.35. The third-order valence-electron chi connectivity index (χ3n) is 1.86. The zero-order chi connectivity index (χ0) is 11.0. The van der Waals surface area contributed by atoms with Gasteiger partial charge >= 0.3 is 6.18 Å². The van der Waals surface area contributed by atoms with Crippen molar-refractivity contribution in [2.75, 3.05) is 12.5 Å². The highest BCUT2D eigenvalue weighted by atomic mass is 35.5. The molecule has 0 aromatic rings. The lowest BCUT2D eigenvalue weighted by Gasteiger charge is -2.15. The Labute approximate surface area is 87.6 Å². The summed E-state index contributed by atoms with van der Waals surface area (Å²) in [6.45, 7) is 1.20. The first kappa shape index (κ1) is 14.0. The Kier molecular flexibility index (Phi) is 7.37. The normalized spacial score (nSPS) is 14.4. The van der Waals surface area contributed by atoms with Crippen LogP contribution in [0.25, 0.3) is 0 Å². The number of hydrogen-bond acceptors (Lipinski definition) is 1. The predicted molar refractivity (Wildman–Crippen MR) is 50.7 cm³/mol. The molecule has 0 fully saturated rings. The fourth-order valence-electron chi connectivity index (χ4n) is 0.905. The van der Waals surface area contributed by atoms with E-state index >= 15 is 0 Å². The van der Waals surface area contributed by atoms with Crippen LogP contribution in [-0.2, 0) is 4.74 Å². The average Bonchev–Trinajstić information content (AvgIpc) is 2.09. The van der Waals surface area contributed by atoms with Crippen molar-refractivity contribution >= 4 is 11.6 Å². The van der Waals surface area contributed by atoms with E-state index in [0.717, 1.165) is 26.2 Å². The minimum absolute atomic E-state index is 0.170. The molecule has 86 valence electrons. The number of unbranched alkanes of at least 4 members (excludes halogenated alkanes) is 3. The molecule has 0 aliphatic heterocycles. The van der Waals surface area contributed by atoms with Crippen LogP contribution in [0.15, 0.2) is 0 Å². The summed E-state index contributed by atoms with van der Waals surface area (Å²) in [5.41, 5.74) is 0. The van der Waals surface area contributed by atoms with E-state index in [-0.39, 0.29) is 6.61 Å². The minimum Gasteiger partial charge on any atom is -0.369 e. The van der Waals surface area contributed by atoms with Crippen molar-refractivity contribution in [2.24, 2.45) is 0 Å². The highest BCUT2D eigenvalue weighted by Gasteiger charge is 2.36. The van der Waals surface area contributed by atoms with Gasteiger partial charge in [0.25, 0.3) is 0 Å². The molecule has 0 spiro atoms. The van der Waals surface area contributed by atoms with Gasteiger partial charge in [0.2, 0.25) is 0 Å². The molecule has 0 N–H and O–H groups in total. The van der Waals surface area contributed by atoms with Crippen LogP contribution >= 0.6 is 11.6 Å². The first-order valence-corrected chi connectivity index (χ1v) is 5.26. The maximum atomic E-state index is 11.9. The highest BCUT2D eigenvalue weighted by molar-refractivity contribution is 6.17. The summed E-state index contributed by atoms with van der Waals surface area (Å²) in [6, 6.07) is 0. The van der Waals surface area contributed by atoms with Crippen molar-refractivity contribution < 1.29 is 17.9 Å². The summed E-state index contributed by atoms with van der Waals surface area (Å²) in [4.78, 5) is 0. The Bertz CT molecular complexity index is 139. The van der Waals surface area contributed by atoms with Crippen molar-refractivity contribution in [1.29, 1.82) is 0 Å². The lowest BCUT2D eigenvalue weighted by atomic mass is 10.2. The second-order valence-electron chi connectivity index (χ2n) is 3.16. The van der Waals surface area contributed by atoms with Crippen LogP contribution in [0.3, 0.4) is 0 Å². The molecule has 14 heavy (non-hydrogen) atoms. The lowest BCUT2D eigenvalue weighted by Crippen LogP contribution is -2.28. The summed E-state index contributed by atoms with van der Waals surface area (Å²) in [7, 11) is 0. The predicted octanol–water partition coefficient (Wildman–Crippen LogP) is 3.75. The van der Waals surface area contributed by atoms with Crippen LogP contribution in [0.4, 0.5) is 13.2 Å². The Morgan fingerprint density at radius 3 is 2.21 bits per heavy atom. The molecule has 0 bridgehead atoms. The second-order valence-corrected chi connectivity index (χ2v) is 3.54. The van der Waals surface area contributed by atoms with Crippen molar-refractivity contribution in [2.45, 2.75) is 44.9 Å². The van der Waals surface area contributed by atoms with Crippen molar-refractivity contribution in [1.82, 2.24) is 0 Å². The van der Waals surface area contributed by atoms with Crippen LogP contribution < -0.4 is 0 Å². The fourth-order valence-corrected chi connectivity index (χ4v) is 1.09. The van der Waals surface area contributed by atoms with Gasteiger partial charge in [-0.1, -0.05) is 12.8 Å². The summed E-state index contributed by atoms with van der Waals surface area (Å²) < 4.78 is 40.4. The average molecular weight is 233 g/mol. The SMILES string of the molecule is CC(OCCCCCCCl)C(F)(F)F. The third kappa shape index (κ3) is 7.44. The molecular weight excluding hydrogens is 217 g/mol. The van der Waals surface area contributed by atoms with Crippen molar-refractivity contribution in [3.05, 3.63) is 0 Å². The van der Waals surface area contributed by atoms with E-state index in [0.29, 0.717) is 12.3 Å². The van der Waals surface area contributed by atoms with Gasteiger partial charge in [-0.25, -0.2) is 0 Å². The number of hydrogen-bond donors (Lipinski definition) is 0. The van der Waals surface area contributed by atoms with E-state index in [9.17, 15) is 13.2 Å². The van der Waals surface area contributed by atoms with Crippen LogP contribution in [0, 0.1) is 0 Å². The quantitative estimate of drug-likeness (QED) is 0.480. The Morgan fingerprint density at radius 1 is 1.14 bits per heavy atom. The van der Waals surface area contributed by atoms with E-state index in [1.54, 1.807) is 0 Å². The molecule has 0 saturated carbocycles. The van der Waals surface area contributed by atoms with E-state index < -0.39 is 12.3 Å². The first-order valence-electron chi connectivity index (χ1n) is 4.72. The molecule has 0 aliphatic rings. The molecule has 0 radical (unpaired) electrons. The van der Waals surface area contributed by atoms with Crippen LogP contribution in [0.2, 0.25) is 0 Å². The van der Waals surface area contributed by atoms with E-state index in [1.807, 2.05) is 0 Å². The minimum atomic E-state index is -4.24. The first-order chi connectivity index (χ1) is 6.48. The van der Waals surface area contributed by atoms with E-state index in [4.69, 9.17) is 11.6 Å². The molecule has 1 atom stereocenters. The van der Waals surface area contributed by atoms with Gasteiger partial charge in [-0.05, 0) is 19.8 Å². The number of halogens is 4. The van der Waals surface area contributed by atoms with Gasteiger partial charge in [0.15, 0.2) is 6.10 Å². The van der Waals surface area contributed by atoms with Gasteiger partial charge < -0.3 is 4.74 Å². The smallest absolute Gasteiger partial charge is 0.369 e. The molecule has 0 aromatic carbocycles. The highest BCUT2D eigenvalue weighted by Crippen LogP contribution is 2.22. The van der Waals surface area contributed by atoms with Crippen molar-refractivity contribution in [3.8, 4) is 0 Å². The van der Waals surface area contributed by atoms with Crippen LogP contribution in [0.1, 0.15) is 32.6 Å². The maximum Gasteiger partial charge on any atom is 0.414 e. The van der Waals surface area contributed by atoms with Gasteiger partial charge in [0, 0.05) is 12.5 Å². The molecule has 0 aliphatic carbocycles. The molecule has 0 aromatic heterocycles. The maximum absolute atomic E-state index is 11.9. The summed E-state index contributed by atoms with van der Waals surface area (Å²) in [6.07, 6.45) is -2.50. The lowest BCUT2D eigenvalue weighted by molar-refractivity contribution is -0.214. The van der Waals surface area contributed by atoms with Crippen molar-refractivity contribution in [3.63, 3.8) is 0 Å². The molecule has 5 heteroatoms. The molecule has 0 saturated heterocycles. The molecule has 1 unspecified atom stereocenters. The summed E-state index contributed by atoms with van der Waals surface area (Å²) in [5.74, 6) is 0.611. The Morgan fingerprint density at radius 2 is 1.71 bits per heavy atom. The van der Waals surface area contributed by atoms with E-state index in [1.165, 1.54) is 0 Å². The summed E-state index contributed by atoms with van der Waals surface area (Å²) >= 11 is 5.44. The fraction of sp³-hybridized carbons (Fsp3) is 1.00. The monoisotopic (exact) mass is 232 g/mol. The zero-order valence-electron chi connectivity index (χ0n) is 8.24. The van der Waals surface area contributed by atoms with Crippen LogP contribution in [-0.4, -0.2) is 24.8 Å². The summed E-state index contributed by atoms with van der Waals surface area (Å²) in [5, 5.41) is 0.